The summed E-state index contributed by atoms with van der Waals surface area (Å²) < 4.78 is 4.44. The third-order valence-electron chi connectivity index (χ3n) is 1.10. The zero-order chi connectivity index (χ0) is 8.27. The van der Waals surface area contributed by atoms with Gasteiger partial charge in [0.1, 0.15) is 10.9 Å². The van der Waals surface area contributed by atoms with Crippen LogP contribution in [-0.4, -0.2) is 13.1 Å². The van der Waals surface area contributed by atoms with Gasteiger partial charge in [0.15, 0.2) is 0 Å². The van der Waals surface area contributed by atoms with Gasteiger partial charge < -0.3 is 4.74 Å². The number of carbonyl (C=O) groups excluding carboxylic acids is 1. The van der Waals surface area contributed by atoms with Crippen molar-refractivity contribution in [3.63, 3.8) is 0 Å². The number of ether oxygens (including phenoxy) is 1. The average Bonchev–Trinajstić information content (AvgIpc) is 2.50. The third kappa shape index (κ3) is 1.38. The predicted molar refractivity (Wildman–Crippen MR) is 39.2 cm³/mol. The lowest BCUT2D eigenvalue weighted by Gasteiger charge is -1.92. The highest BCUT2D eigenvalue weighted by molar-refractivity contribution is 7.11. The second kappa shape index (κ2) is 3.17. The van der Waals surface area contributed by atoms with Crippen LogP contribution >= 0.6 is 11.3 Å². The van der Waals surface area contributed by atoms with E-state index >= 15 is 0 Å². The van der Waals surface area contributed by atoms with Gasteiger partial charge in [-0.1, -0.05) is 0 Å². The first-order valence-corrected chi connectivity index (χ1v) is 3.59. The van der Waals surface area contributed by atoms with Crippen LogP contribution in [0.5, 0.6) is 0 Å². The summed E-state index contributed by atoms with van der Waals surface area (Å²) in [5.74, 6) is -0.479. The summed E-state index contributed by atoms with van der Waals surface area (Å²) >= 11 is 1.08. The van der Waals surface area contributed by atoms with Gasteiger partial charge in [-0.15, -0.1) is 11.3 Å². The number of methoxy groups -OCH3 is 1. The summed E-state index contributed by atoms with van der Waals surface area (Å²) in [5, 5.41) is 11.2. The number of thiophene rings is 1. The Bertz CT molecular complexity index is 310. The standard InChI is InChI=1S/C7H4NO2S/c1-10-7(9)6-5(4-8)2-3-11-6/h2H,1H3. The minimum Gasteiger partial charge on any atom is -0.465 e. The van der Waals surface area contributed by atoms with Crippen molar-refractivity contribution in [2.24, 2.45) is 0 Å². The molecule has 0 aliphatic heterocycles. The smallest absolute Gasteiger partial charge is 0.349 e. The molecule has 0 amide bonds. The number of hydrogen-bond donors (Lipinski definition) is 0. The van der Waals surface area contributed by atoms with E-state index < -0.39 is 5.97 Å². The first kappa shape index (κ1) is 7.76. The Balaban J connectivity index is 3.05. The van der Waals surface area contributed by atoms with E-state index in [-0.39, 0.29) is 0 Å². The molecule has 3 nitrogen and oxygen atoms in total. The molecule has 1 aromatic heterocycles. The van der Waals surface area contributed by atoms with Crippen molar-refractivity contribution in [1.82, 2.24) is 0 Å². The quantitative estimate of drug-likeness (QED) is 0.589. The van der Waals surface area contributed by atoms with E-state index in [0.717, 1.165) is 11.3 Å². The van der Waals surface area contributed by atoms with Crippen LogP contribution in [0.1, 0.15) is 15.2 Å². The van der Waals surface area contributed by atoms with Gasteiger partial charge in [-0.25, -0.2) is 4.79 Å². The largest absolute Gasteiger partial charge is 0.465 e. The summed E-state index contributed by atoms with van der Waals surface area (Å²) in [6.45, 7) is 0. The molecule has 0 aliphatic rings. The highest BCUT2D eigenvalue weighted by Crippen LogP contribution is 2.15. The SMILES string of the molecule is COC(=O)c1s[c]cc1C#N. The molecule has 0 aromatic carbocycles. The van der Waals surface area contributed by atoms with Gasteiger partial charge >= 0.3 is 5.97 Å². The number of rotatable bonds is 1. The van der Waals surface area contributed by atoms with Gasteiger partial charge in [-0.2, -0.15) is 5.26 Å². The molecule has 1 aromatic rings. The molecule has 0 saturated carbocycles. The summed E-state index contributed by atoms with van der Waals surface area (Å²) in [7, 11) is 1.28. The fraction of sp³-hybridized carbons (Fsp3) is 0.143. The van der Waals surface area contributed by atoms with Gasteiger partial charge in [0.2, 0.25) is 0 Å². The van der Waals surface area contributed by atoms with Crippen molar-refractivity contribution < 1.29 is 9.53 Å². The molecule has 0 N–H and O–H groups in total. The van der Waals surface area contributed by atoms with Crippen LogP contribution < -0.4 is 0 Å². The second-order valence-corrected chi connectivity index (χ2v) is 2.56. The van der Waals surface area contributed by atoms with Crippen LogP contribution in [0.3, 0.4) is 0 Å². The zero-order valence-corrected chi connectivity index (χ0v) is 6.57. The molecule has 1 heterocycles. The minimum atomic E-state index is -0.479. The van der Waals surface area contributed by atoms with Gasteiger partial charge in [0, 0.05) is 5.38 Å². The molecule has 1 radical (unpaired) electrons. The molecule has 11 heavy (non-hydrogen) atoms. The molecule has 4 heteroatoms. The Morgan fingerprint density at radius 2 is 2.64 bits per heavy atom. The maximum Gasteiger partial charge on any atom is 0.349 e. The molecule has 0 spiro atoms. The van der Waals surface area contributed by atoms with Crippen molar-refractivity contribution in [2.75, 3.05) is 7.11 Å². The molecule has 1 rings (SSSR count). The number of carbonyl (C=O) groups is 1. The first-order valence-electron chi connectivity index (χ1n) is 2.78. The molecular formula is C7H4NO2S. The minimum absolute atomic E-state index is 0.315. The maximum absolute atomic E-state index is 10.9. The van der Waals surface area contributed by atoms with Crippen molar-refractivity contribution in [3.8, 4) is 6.07 Å². The third-order valence-corrected chi connectivity index (χ3v) is 1.93. The molecular weight excluding hydrogens is 162 g/mol. The number of nitriles is 1. The van der Waals surface area contributed by atoms with Crippen molar-refractivity contribution >= 4 is 17.3 Å². The van der Waals surface area contributed by atoms with E-state index in [1.54, 1.807) is 0 Å². The fourth-order valence-corrected chi connectivity index (χ4v) is 1.27. The van der Waals surface area contributed by atoms with E-state index in [2.05, 4.69) is 10.1 Å². The van der Waals surface area contributed by atoms with E-state index in [1.807, 2.05) is 6.07 Å². The summed E-state index contributed by atoms with van der Waals surface area (Å²) in [4.78, 5) is 11.2. The lowest BCUT2D eigenvalue weighted by molar-refractivity contribution is 0.0606. The zero-order valence-electron chi connectivity index (χ0n) is 5.75. The second-order valence-electron chi connectivity index (χ2n) is 1.71. The van der Waals surface area contributed by atoms with E-state index in [0.29, 0.717) is 10.4 Å². The Kier molecular flexibility index (Phi) is 2.24. The normalized spacial score (nSPS) is 8.73. The Morgan fingerprint density at radius 1 is 1.91 bits per heavy atom. The van der Waals surface area contributed by atoms with E-state index in [4.69, 9.17) is 5.26 Å². The lowest BCUT2D eigenvalue weighted by atomic mass is 10.3. The van der Waals surface area contributed by atoms with Crippen LogP contribution in [0.4, 0.5) is 0 Å². The van der Waals surface area contributed by atoms with Gasteiger partial charge in [0.05, 0.1) is 12.7 Å². The van der Waals surface area contributed by atoms with Crippen LogP contribution in [0.15, 0.2) is 6.07 Å². The Morgan fingerprint density at radius 3 is 3.18 bits per heavy atom. The van der Waals surface area contributed by atoms with E-state index in [1.165, 1.54) is 13.2 Å². The van der Waals surface area contributed by atoms with Crippen molar-refractivity contribution in [3.05, 3.63) is 21.9 Å². The topological polar surface area (TPSA) is 50.1 Å². The van der Waals surface area contributed by atoms with Gasteiger partial charge in [0.25, 0.3) is 0 Å². The highest BCUT2D eigenvalue weighted by Gasteiger charge is 2.12. The van der Waals surface area contributed by atoms with Gasteiger partial charge in [-0.05, 0) is 6.07 Å². The van der Waals surface area contributed by atoms with Crippen LogP contribution in [0, 0.1) is 16.7 Å². The summed E-state index contributed by atoms with van der Waals surface area (Å²) in [5.41, 5.74) is 0.321. The van der Waals surface area contributed by atoms with Crippen LogP contribution in [0.25, 0.3) is 0 Å². The number of esters is 1. The molecule has 0 fully saturated rings. The molecule has 0 atom stereocenters. The van der Waals surface area contributed by atoms with Crippen molar-refractivity contribution in [2.45, 2.75) is 0 Å². The number of nitrogens with zero attached hydrogens (tertiary/aromatic N) is 1. The van der Waals surface area contributed by atoms with Crippen molar-refractivity contribution in [1.29, 1.82) is 5.26 Å². The average molecular weight is 166 g/mol. The predicted octanol–water partition coefficient (Wildman–Crippen LogP) is 1.21. The van der Waals surface area contributed by atoms with Crippen LogP contribution in [0.2, 0.25) is 0 Å². The number of hydrogen-bond acceptors (Lipinski definition) is 4. The Labute approximate surface area is 67.8 Å². The van der Waals surface area contributed by atoms with Crippen LogP contribution in [-0.2, 0) is 4.74 Å². The molecule has 0 saturated heterocycles. The maximum atomic E-state index is 10.9. The van der Waals surface area contributed by atoms with E-state index in [9.17, 15) is 4.79 Å². The monoisotopic (exact) mass is 166 g/mol. The fourth-order valence-electron chi connectivity index (χ4n) is 0.595. The highest BCUT2D eigenvalue weighted by atomic mass is 32.1. The first-order chi connectivity index (χ1) is 5.29. The molecule has 0 aliphatic carbocycles. The molecule has 0 bridgehead atoms. The van der Waals surface area contributed by atoms with Gasteiger partial charge in [-0.3, -0.25) is 0 Å². The lowest BCUT2D eigenvalue weighted by Crippen LogP contribution is -1.99. The molecule has 0 unspecified atom stereocenters. The Hall–Kier alpha value is -1.34. The summed E-state index contributed by atoms with van der Waals surface area (Å²) in [6.07, 6.45) is 0. The molecule has 55 valence electrons. The summed E-state index contributed by atoms with van der Waals surface area (Å²) in [6, 6.07) is 3.34.